The molecule has 3 aromatic rings. The van der Waals surface area contributed by atoms with Crippen molar-refractivity contribution in [2.24, 2.45) is 0 Å². The van der Waals surface area contributed by atoms with Gasteiger partial charge in [0.15, 0.2) is 11.5 Å². The number of ether oxygens (including phenoxy) is 2. The van der Waals surface area contributed by atoms with Gasteiger partial charge in [0.05, 0.1) is 19.9 Å². The Balaban J connectivity index is 1.89. The number of aromatic nitrogens is 1. The van der Waals surface area contributed by atoms with Crippen LogP contribution in [0, 0.1) is 13.8 Å². The summed E-state index contributed by atoms with van der Waals surface area (Å²) in [5.41, 5.74) is 3.56. The highest BCUT2D eigenvalue weighted by molar-refractivity contribution is 6.05. The molecule has 0 unspecified atom stereocenters. The van der Waals surface area contributed by atoms with Crippen LogP contribution in [0.15, 0.2) is 53.5 Å². The van der Waals surface area contributed by atoms with Crippen LogP contribution in [0.25, 0.3) is 11.5 Å². The van der Waals surface area contributed by atoms with Gasteiger partial charge in [0.2, 0.25) is 5.89 Å². The number of rotatable bonds is 7. The number of methoxy groups -OCH3 is 2. The molecule has 3 rings (SSSR count). The fourth-order valence-electron chi connectivity index (χ4n) is 3.01. The van der Waals surface area contributed by atoms with E-state index in [9.17, 15) is 4.79 Å². The summed E-state index contributed by atoms with van der Waals surface area (Å²) in [6, 6.07) is 10.8. The molecule has 0 aliphatic carbocycles. The van der Waals surface area contributed by atoms with Crippen molar-refractivity contribution < 1.29 is 18.7 Å². The van der Waals surface area contributed by atoms with Crippen LogP contribution in [0.4, 0.5) is 5.69 Å². The molecule has 0 fully saturated rings. The number of carbonyl (C=O) groups is 1. The van der Waals surface area contributed by atoms with Crippen LogP contribution in [-0.2, 0) is 6.42 Å². The third kappa shape index (κ3) is 4.32. The largest absolute Gasteiger partial charge is 0.493 e. The zero-order chi connectivity index (χ0) is 21.0. The fraction of sp³-hybridized carbons (Fsp3) is 0.217. The number of benzene rings is 2. The molecule has 0 bridgehead atoms. The van der Waals surface area contributed by atoms with Crippen LogP contribution in [0.1, 0.15) is 27.4 Å². The lowest BCUT2D eigenvalue weighted by Gasteiger charge is -2.14. The highest BCUT2D eigenvalue weighted by Gasteiger charge is 2.16. The topological polar surface area (TPSA) is 73.6 Å². The summed E-state index contributed by atoms with van der Waals surface area (Å²) >= 11 is 0. The monoisotopic (exact) mass is 392 g/mol. The van der Waals surface area contributed by atoms with E-state index in [1.807, 2.05) is 38.1 Å². The first-order chi connectivity index (χ1) is 14.0. The first kappa shape index (κ1) is 20.2. The van der Waals surface area contributed by atoms with Gasteiger partial charge in [-0.1, -0.05) is 12.1 Å². The molecule has 0 saturated heterocycles. The maximum atomic E-state index is 12.9. The Hall–Kier alpha value is -3.54. The van der Waals surface area contributed by atoms with E-state index >= 15 is 0 Å². The smallest absolute Gasteiger partial charge is 0.255 e. The molecule has 0 saturated carbocycles. The predicted octanol–water partition coefficient (Wildman–Crippen LogP) is 4.96. The average Bonchev–Trinajstić information content (AvgIpc) is 3.06. The Bertz CT molecular complexity index is 1030. The van der Waals surface area contributed by atoms with E-state index in [0.717, 1.165) is 22.6 Å². The van der Waals surface area contributed by atoms with Crippen molar-refractivity contribution in [3.8, 4) is 23.0 Å². The minimum Gasteiger partial charge on any atom is -0.493 e. The minimum atomic E-state index is -0.256. The second-order valence-corrected chi connectivity index (χ2v) is 6.56. The third-order valence-electron chi connectivity index (χ3n) is 4.58. The second kappa shape index (κ2) is 8.65. The molecule has 0 radical (unpaired) electrons. The number of oxazole rings is 1. The Labute approximate surface area is 170 Å². The summed E-state index contributed by atoms with van der Waals surface area (Å²) in [6.45, 7) is 7.53. The number of nitrogens with zero attached hydrogens (tertiary/aromatic N) is 1. The molecule has 2 aromatic carbocycles. The molecule has 0 aliphatic heterocycles. The maximum Gasteiger partial charge on any atom is 0.255 e. The Morgan fingerprint density at radius 3 is 2.62 bits per heavy atom. The molecule has 6 nitrogen and oxygen atoms in total. The van der Waals surface area contributed by atoms with Crippen LogP contribution in [0.3, 0.4) is 0 Å². The Morgan fingerprint density at radius 2 is 2.00 bits per heavy atom. The lowest BCUT2D eigenvalue weighted by molar-refractivity contribution is 0.102. The van der Waals surface area contributed by atoms with E-state index in [-0.39, 0.29) is 5.91 Å². The molecule has 1 aromatic heterocycles. The maximum absolute atomic E-state index is 12.9. The van der Waals surface area contributed by atoms with Crippen molar-refractivity contribution in [3.63, 3.8) is 0 Å². The average molecular weight is 392 g/mol. The SMILES string of the molecule is C=CCc1cc(C(=O)Nc2cccc(-c3nc(C)c(C)o3)c2)cc(OC)c1OC. The molecule has 29 heavy (non-hydrogen) atoms. The number of carbonyl (C=O) groups excluding carboxylic acids is 1. The Morgan fingerprint density at radius 1 is 1.21 bits per heavy atom. The summed E-state index contributed by atoms with van der Waals surface area (Å²) in [5, 5.41) is 2.92. The van der Waals surface area contributed by atoms with Crippen LogP contribution >= 0.6 is 0 Å². The van der Waals surface area contributed by atoms with Gasteiger partial charge in [-0.3, -0.25) is 4.79 Å². The number of nitrogens with one attached hydrogen (secondary N) is 1. The molecule has 1 amide bonds. The van der Waals surface area contributed by atoms with E-state index in [0.29, 0.717) is 35.1 Å². The standard InChI is InChI=1S/C23H24N2O4/c1-6-8-16-11-18(13-20(27-4)21(16)28-5)22(26)25-19-10-7-9-17(12-19)23-24-14(2)15(3)29-23/h6-7,9-13H,1,8H2,2-5H3,(H,25,26). The van der Waals surface area contributed by atoms with Crippen molar-refractivity contribution in [2.45, 2.75) is 20.3 Å². The molecule has 1 N–H and O–H groups in total. The molecule has 1 heterocycles. The van der Waals surface area contributed by atoms with E-state index < -0.39 is 0 Å². The van der Waals surface area contributed by atoms with Crippen molar-refractivity contribution in [2.75, 3.05) is 19.5 Å². The first-order valence-electron chi connectivity index (χ1n) is 9.18. The van der Waals surface area contributed by atoms with Crippen LogP contribution in [0.5, 0.6) is 11.5 Å². The van der Waals surface area contributed by atoms with Gasteiger partial charge in [-0.05, 0) is 50.6 Å². The van der Waals surface area contributed by atoms with Crippen LogP contribution < -0.4 is 14.8 Å². The lowest BCUT2D eigenvalue weighted by Crippen LogP contribution is -2.13. The normalized spacial score (nSPS) is 10.5. The molecular formula is C23H24N2O4. The zero-order valence-electron chi connectivity index (χ0n) is 17.0. The van der Waals surface area contributed by atoms with Crippen LogP contribution in [-0.4, -0.2) is 25.1 Å². The van der Waals surface area contributed by atoms with Gasteiger partial charge in [0.25, 0.3) is 5.91 Å². The third-order valence-corrected chi connectivity index (χ3v) is 4.58. The Kier molecular flexibility index (Phi) is 6.02. The number of allylic oxidation sites excluding steroid dienone is 1. The van der Waals surface area contributed by atoms with Gasteiger partial charge in [-0.15, -0.1) is 6.58 Å². The zero-order valence-corrected chi connectivity index (χ0v) is 17.0. The summed E-state index contributed by atoms with van der Waals surface area (Å²) in [6.07, 6.45) is 2.31. The second-order valence-electron chi connectivity index (χ2n) is 6.56. The number of aryl methyl sites for hydroxylation is 2. The molecule has 0 atom stereocenters. The van der Waals surface area contributed by atoms with E-state index in [1.54, 1.807) is 32.4 Å². The van der Waals surface area contributed by atoms with Crippen molar-refractivity contribution >= 4 is 11.6 Å². The van der Waals surface area contributed by atoms with Crippen molar-refractivity contribution in [1.29, 1.82) is 0 Å². The summed E-state index contributed by atoms with van der Waals surface area (Å²) < 4.78 is 16.5. The number of amides is 1. The van der Waals surface area contributed by atoms with Gasteiger partial charge in [-0.2, -0.15) is 0 Å². The number of anilines is 1. The first-order valence-corrected chi connectivity index (χ1v) is 9.18. The lowest BCUT2D eigenvalue weighted by atomic mass is 10.0. The van der Waals surface area contributed by atoms with Gasteiger partial charge in [0.1, 0.15) is 5.76 Å². The predicted molar refractivity (Wildman–Crippen MR) is 113 cm³/mol. The van der Waals surface area contributed by atoms with E-state index in [4.69, 9.17) is 13.9 Å². The number of hydrogen-bond acceptors (Lipinski definition) is 5. The molecule has 0 aliphatic rings. The van der Waals surface area contributed by atoms with E-state index in [1.165, 1.54) is 0 Å². The van der Waals surface area contributed by atoms with E-state index in [2.05, 4.69) is 16.9 Å². The van der Waals surface area contributed by atoms with Crippen molar-refractivity contribution in [1.82, 2.24) is 4.98 Å². The molecule has 0 spiro atoms. The fourth-order valence-corrected chi connectivity index (χ4v) is 3.01. The molecule has 6 heteroatoms. The summed E-state index contributed by atoms with van der Waals surface area (Å²) in [7, 11) is 3.11. The summed E-state index contributed by atoms with van der Waals surface area (Å²) in [4.78, 5) is 17.3. The number of hydrogen-bond donors (Lipinski definition) is 1. The van der Waals surface area contributed by atoms with Gasteiger partial charge in [-0.25, -0.2) is 4.98 Å². The van der Waals surface area contributed by atoms with Gasteiger partial charge < -0.3 is 19.2 Å². The highest BCUT2D eigenvalue weighted by Crippen LogP contribution is 2.33. The summed E-state index contributed by atoms with van der Waals surface area (Å²) in [5.74, 6) is 2.13. The van der Waals surface area contributed by atoms with Gasteiger partial charge >= 0.3 is 0 Å². The quantitative estimate of drug-likeness (QED) is 0.576. The van der Waals surface area contributed by atoms with Crippen LogP contribution in [0.2, 0.25) is 0 Å². The highest BCUT2D eigenvalue weighted by atomic mass is 16.5. The van der Waals surface area contributed by atoms with Crippen molar-refractivity contribution in [3.05, 3.63) is 71.6 Å². The molecule has 150 valence electrons. The molecular weight excluding hydrogens is 368 g/mol. The minimum absolute atomic E-state index is 0.256. The van der Waals surface area contributed by atoms with Gasteiger partial charge in [0, 0.05) is 22.4 Å².